The van der Waals surface area contributed by atoms with Crippen LogP contribution in [0.2, 0.25) is 0 Å². The first-order valence-electron chi connectivity index (χ1n) is 7.37. The number of benzene rings is 2. The van der Waals surface area contributed by atoms with E-state index in [1.54, 1.807) is 30.3 Å². The van der Waals surface area contributed by atoms with Gasteiger partial charge in [-0.25, -0.2) is 0 Å². The fraction of sp³-hybridized carbons (Fsp3) is 0.222. The molecule has 2 amide bonds. The van der Waals surface area contributed by atoms with E-state index in [0.29, 0.717) is 28.4 Å². The van der Waals surface area contributed by atoms with Gasteiger partial charge in [0.05, 0.1) is 14.2 Å². The summed E-state index contributed by atoms with van der Waals surface area (Å²) in [5.41, 5.74) is 2.38. The van der Waals surface area contributed by atoms with Crippen LogP contribution in [0.5, 0.6) is 11.5 Å². The molecule has 0 aliphatic heterocycles. The van der Waals surface area contributed by atoms with Gasteiger partial charge in [0.15, 0.2) is 0 Å². The number of carbonyl (C=O) groups excluding carboxylic acids is 2. The van der Waals surface area contributed by atoms with Crippen molar-refractivity contribution < 1.29 is 19.1 Å². The molecule has 2 aromatic carbocycles. The van der Waals surface area contributed by atoms with Gasteiger partial charge in [-0.3, -0.25) is 9.59 Å². The number of hydrogen-bond donors (Lipinski definition) is 2. The Balaban J connectivity index is 2.35. The highest BCUT2D eigenvalue weighted by atomic mass is 16.5. The third-order valence-corrected chi connectivity index (χ3v) is 3.46. The molecule has 0 saturated heterocycles. The molecular formula is C18H20N2O4. The second-order valence-electron chi connectivity index (χ2n) is 5.20. The van der Waals surface area contributed by atoms with Gasteiger partial charge in [0.1, 0.15) is 17.1 Å². The lowest BCUT2D eigenvalue weighted by Crippen LogP contribution is -2.16. The van der Waals surface area contributed by atoms with Gasteiger partial charge in [0.2, 0.25) is 5.91 Å². The maximum Gasteiger partial charge on any atom is 0.263 e. The molecule has 6 heteroatoms. The van der Waals surface area contributed by atoms with Gasteiger partial charge in [0, 0.05) is 18.3 Å². The molecule has 0 fully saturated rings. The summed E-state index contributed by atoms with van der Waals surface area (Å²) in [5, 5.41) is 5.53. The van der Waals surface area contributed by atoms with Crippen LogP contribution < -0.4 is 20.1 Å². The SMILES string of the molecule is COc1cccc(OC)c1C(=O)Nc1cc(NC(C)=O)ccc1C. The Bertz CT molecular complexity index is 749. The number of nitrogens with one attached hydrogen (secondary N) is 2. The van der Waals surface area contributed by atoms with E-state index in [9.17, 15) is 9.59 Å². The molecule has 0 bridgehead atoms. The number of carbonyl (C=O) groups is 2. The fourth-order valence-electron chi connectivity index (χ4n) is 2.30. The minimum absolute atomic E-state index is 0.178. The molecule has 0 spiro atoms. The number of methoxy groups -OCH3 is 2. The summed E-state index contributed by atoms with van der Waals surface area (Å²) < 4.78 is 10.5. The highest BCUT2D eigenvalue weighted by molar-refractivity contribution is 6.08. The minimum atomic E-state index is -0.354. The highest BCUT2D eigenvalue weighted by Gasteiger charge is 2.19. The van der Waals surface area contributed by atoms with E-state index < -0.39 is 0 Å². The van der Waals surface area contributed by atoms with Crippen LogP contribution in [-0.2, 0) is 4.79 Å². The van der Waals surface area contributed by atoms with E-state index in [4.69, 9.17) is 9.47 Å². The summed E-state index contributed by atoms with van der Waals surface area (Å²) in [6.07, 6.45) is 0. The summed E-state index contributed by atoms with van der Waals surface area (Å²) in [5.74, 6) is 0.305. The average molecular weight is 328 g/mol. The van der Waals surface area contributed by atoms with Crippen LogP contribution in [0.4, 0.5) is 11.4 Å². The normalized spacial score (nSPS) is 10.0. The lowest BCUT2D eigenvalue weighted by Gasteiger charge is -2.15. The van der Waals surface area contributed by atoms with Gasteiger partial charge >= 0.3 is 0 Å². The fourth-order valence-corrected chi connectivity index (χ4v) is 2.30. The predicted molar refractivity (Wildman–Crippen MR) is 93.0 cm³/mol. The molecule has 24 heavy (non-hydrogen) atoms. The van der Waals surface area contributed by atoms with Gasteiger partial charge in [0.25, 0.3) is 5.91 Å². The van der Waals surface area contributed by atoms with Gasteiger partial charge in [-0.2, -0.15) is 0 Å². The van der Waals surface area contributed by atoms with E-state index in [2.05, 4.69) is 10.6 Å². The van der Waals surface area contributed by atoms with E-state index in [1.165, 1.54) is 21.1 Å². The predicted octanol–water partition coefficient (Wildman–Crippen LogP) is 3.22. The molecule has 0 atom stereocenters. The Hall–Kier alpha value is -3.02. The summed E-state index contributed by atoms with van der Waals surface area (Å²) in [6.45, 7) is 3.30. The number of rotatable bonds is 5. The monoisotopic (exact) mass is 328 g/mol. The van der Waals surface area contributed by atoms with Gasteiger partial charge < -0.3 is 20.1 Å². The molecule has 0 radical (unpaired) electrons. The third kappa shape index (κ3) is 3.84. The van der Waals surface area contributed by atoms with Crippen molar-refractivity contribution in [2.24, 2.45) is 0 Å². The van der Waals surface area contributed by atoms with Crippen LogP contribution in [-0.4, -0.2) is 26.0 Å². The molecule has 0 aromatic heterocycles. The highest BCUT2D eigenvalue weighted by Crippen LogP contribution is 2.30. The Morgan fingerprint density at radius 3 is 2.12 bits per heavy atom. The van der Waals surface area contributed by atoms with E-state index >= 15 is 0 Å². The average Bonchev–Trinajstić information content (AvgIpc) is 2.56. The minimum Gasteiger partial charge on any atom is -0.496 e. The molecule has 0 saturated carbocycles. The smallest absolute Gasteiger partial charge is 0.263 e. The van der Waals surface area contributed by atoms with E-state index in [0.717, 1.165) is 5.56 Å². The molecule has 0 unspecified atom stereocenters. The van der Waals surface area contributed by atoms with Crippen LogP contribution in [0, 0.1) is 6.92 Å². The molecule has 2 N–H and O–H groups in total. The van der Waals surface area contributed by atoms with Gasteiger partial charge in [-0.15, -0.1) is 0 Å². The third-order valence-electron chi connectivity index (χ3n) is 3.46. The number of aryl methyl sites for hydroxylation is 1. The zero-order chi connectivity index (χ0) is 17.7. The summed E-state index contributed by atoms with van der Waals surface area (Å²) in [4.78, 5) is 23.9. The van der Waals surface area contributed by atoms with Crippen molar-refractivity contribution in [3.8, 4) is 11.5 Å². The molecule has 0 heterocycles. The second-order valence-corrected chi connectivity index (χ2v) is 5.20. The molecule has 2 aromatic rings. The van der Waals surface area contributed by atoms with Crippen LogP contribution in [0.15, 0.2) is 36.4 Å². The first-order valence-corrected chi connectivity index (χ1v) is 7.37. The van der Waals surface area contributed by atoms with Crippen molar-refractivity contribution in [2.75, 3.05) is 24.9 Å². The Kier molecular flexibility index (Phi) is 5.42. The maximum absolute atomic E-state index is 12.7. The molecule has 6 nitrogen and oxygen atoms in total. The summed E-state index contributed by atoms with van der Waals surface area (Å²) >= 11 is 0. The van der Waals surface area contributed by atoms with E-state index in [1.807, 2.05) is 13.0 Å². The number of ether oxygens (including phenoxy) is 2. The first-order chi connectivity index (χ1) is 11.5. The van der Waals surface area contributed by atoms with Gasteiger partial charge in [-0.1, -0.05) is 12.1 Å². The lowest BCUT2D eigenvalue weighted by molar-refractivity contribution is -0.114. The molecule has 0 aliphatic rings. The molecule has 2 rings (SSSR count). The van der Waals surface area contributed by atoms with Crippen molar-refractivity contribution in [3.05, 3.63) is 47.5 Å². The zero-order valence-corrected chi connectivity index (χ0v) is 14.1. The summed E-state index contributed by atoms with van der Waals surface area (Å²) in [6, 6.07) is 10.4. The molecular weight excluding hydrogens is 308 g/mol. The van der Waals surface area contributed by atoms with Gasteiger partial charge in [-0.05, 0) is 36.8 Å². The van der Waals surface area contributed by atoms with Crippen LogP contribution in [0.3, 0.4) is 0 Å². The van der Waals surface area contributed by atoms with Crippen molar-refractivity contribution in [2.45, 2.75) is 13.8 Å². The topological polar surface area (TPSA) is 76.7 Å². The van der Waals surface area contributed by atoms with Crippen LogP contribution in [0.1, 0.15) is 22.8 Å². The van der Waals surface area contributed by atoms with Crippen molar-refractivity contribution in [1.29, 1.82) is 0 Å². The molecule has 126 valence electrons. The van der Waals surface area contributed by atoms with Crippen molar-refractivity contribution in [3.63, 3.8) is 0 Å². The Morgan fingerprint density at radius 2 is 1.58 bits per heavy atom. The number of amides is 2. The largest absolute Gasteiger partial charge is 0.496 e. The molecule has 0 aliphatic carbocycles. The zero-order valence-electron chi connectivity index (χ0n) is 14.1. The lowest BCUT2D eigenvalue weighted by atomic mass is 10.1. The standard InChI is InChI=1S/C18H20N2O4/c1-11-8-9-13(19-12(2)21)10-14(11)20-18(22)17-15(23-3)6-5-7-16(17)24-4/h5-10H,1-4H3,(H,19,21)(H,20,22). The number of hydrogen-bond acceptors (Lipinski definition) is 4. The first kappa shape index (κ1) is 17.3. The Morgan fingerprint density at radius 1 is 0.958 bits per heavy atom. The van der Waals surface area contributed by atoms with Crippen molar-refractivity contribution in [1.82, 2.24) is 0 Å². The van der Waals surface area contributed by atoms with Crippen LogP contribution >= 0.6 is 0 Å². The Labute approximate surface area is 140 Å². The number of anilines is 2. The van der Waals surface area contributed by atoms with Crippen LogP contribution in [0.25, 0.3) is 0 Å². The van der Waals surface area contributed by atoms with Crippen molar-refractivity contribution >= 4 is 23.2 Å². The second kappa shape index (κ2) is 7.50. The van der Waals surface area contributed by atoms with E-state index in [-0.39, 0.29) is 11.8 Å². The summed E-state index contributed by atoms with van der Waals surface area (Å²) in [7, 11) is 2.99. The maximum atomic E-state index is 12.7. The quantitative estimate of drug-likeness (QED) is 0.883.